The summed E-state index contributed by atoms with van der Waals surface area (Å²) in [6, 6.07) is 5.38. The third-order valence-electron chi connectivity index (χ3n) is 2.17. The topological polar surface area (TPSA) is 51.2 Å². The number of ether oxygens (including phenoxy) is 1. The Morgan fingerprint density at radius 2 is 2.38 bits per heavy atom. The summed E-state index contributed by atoms with van der Waals surface area (Å²) in [5.41, 5.74) is 0.450. The lowest BCUT2D eigenvalue weighted by molar-refractivity contribution is 0.0916. The van der Waals surface area contributed by atoms with E-state index in [1.54, 1.807) is 24.4 Å². The van der Waals surface area contributed by atoms with Crippen LogP contribution in [0.4, 0.5) is 0 Å². The van der Waals surface area contributed by atoms with Crippen LogP contribution >= 0.6 is 0 Å². The minimum Gasteiger partial charge on any atom is -0.382 e. The Balaban J connectivity index is 2.34. The summed E-state index contributed by atoms with van der Waals surface area (Å²) in [6.45, 7) is 5.29. The highest BCUT2D eigenvalue weighted by molar-refractivity contribution is 5.92. The van der Waals surface area contributed by atoms with E-state index in [9.17, 15) is 4.79 Å². The number of nitrogens with zero attached hydrogens (tertiary/aromatic N) is 1. The molecule has 0 aliphatic heterocycles. The lowest BCUT2D eigenvalue weighted by Crippen LogP contribution is -2.33. The molecule has 0 aliphatic rings. The predicted octanol–water partition coefficient (Wildman–Crippen LogP) is 1.63. The molecule has 1 amide bonds. The van der Waals surface area contributed by atoms with Crippen LogP contribution in [-0.2, 0) is 4.74 Å². The normalized spacial score (nSPS) is 12.1. The van der Waals surface area contributed by atoms with Gasteiger partial charge in [-0.15, -0.1) is 0 Å². The molecule has 1 heterocycles. The van der Waals surface area contributed by atoms with Crippen LogP contribution in [0.5, 0.6) is 0 Å². The van der Waals surface area contributed by atoms with Crippen LogP contribution in [-0.4, -0.2) is 30.1 Å². The van der Waals surface area contributed by atoms with Crippen molar-refractivity contribution in [3.63, 3.8) is 0 Å². The summed E-state index contributed by atoms with van der Waals surface area (Å²) < 4.78 is 5.22. The van der Waals surface area contributed by atoms with E-state index in [0.29, 0.717) is 18.9 Å². The summed E-state index contributed by atoms with van der Waals surface area (Å²) in [5, 5.41) is 2.87. The Hall–Kier alpha value is -1.42. The maximum atomic E-state index is 11.7. The van der Waals surface area contributed by atoms with Gasteiger partial charge in [-0.25, -0.2) is 0 Å². The van der Waals surface area contributed by atoms with Crippen LogP contribution in [0, 0.1) is 0 Å². The van der Waals surface area contributed by atoms with Crippen molar-refractivity contribution in [2.45, 2.75) is 26.3 Å². The Bertz CT molecular complexity index is 314. The fourth-order valence-corrected chi connectivity index (χ4v) is 1.27. The fraction of sp³-hybridized carbons (Fsp3) is 0.500. The minimum atomic E-state index is -0.135. The molecule has 0 saturated carbocycles. The lowest BCUT2D eigenvalue weighted by atomic mass is 10.2. The fourth-order valence-electron chi connectivity index (χ4n) is 1.27. The van der Waals surface area contributed by atoms with Gasteiger partial charge in [0.2, 0.25) is 0 Å². The van der Waals surface area contributed by atoms with Crippen LogP contribution in [0.2, 0.25) is 0 Å². The smallest absolute Gasteiger partial charge is 0.270 e. The summed E-state index contributed by atoms with van der Waals surface area (Å²) in [6.07, 6.45) is 2.42. The molecule has 1 atom stereocenters. The van der Waals surface area contributed by atoms with Crippen LogP contribution in [0.3, 0.4) is 0 Å². The van der Waals surface area contributed by atoms with Gasteiger partial charge in [0.15, 0.2) is 0 Å². The molecule has 0 fully saturated rings. The molecule has 4 heteroatoms. The average Bonchev–Trinajstić information content (AvgIpc) is 2.30. The van der Waals surface area contributed by atoms with Crippen molar-refractivity contribution in [1.82, 2.24) is 10.3 Å². The van der Waals surface area contributed by atoms with Crippen molar-refractivity contribution in [3.8, 4) is 0 Å². The highest BCUT2D eigenvalue weighted by Crippen LogP contribution is 1.97. The van der Waals surface area contributed by atoms with E-state index in [0.717, 1.165) is 6.42 Å². The number of carbonyl (C=O) groups excluding carboxylic acids is 1. The van der Waals surface area contributed by atoms with Crippen LogP contribution < -0.4 is 5.32 Å². The van der Waals surface area contributed by atoms with Crippen molar-refractivity contribution >= 4 is 5.91 Å². The molecule has 1 aromatic heterocycles. The van der Waals surface area contributed by atoms with Crippen LogP contribution in [0.15, 0.2) is 24.4 Å². The zero-order chi connectivity index (χ0) is 11.8. The Morgan fingerprint density at radius 1 is 1.56 bits per heavy atom. The van der Waals surface area contributed by atoms with Gasteiger partial charge < -0.3 is 10.1 Å². The number of hydrogen-bond donors (Lipinski definition) is 1. The van der Waals surface area contributed by atoms with E-state index in [1.807, 2.05) is 13.8 Å². The van der Waals surface area contributed by atoms with Gasteiger partial charge in [0, 0.05) is 25.5 Å². The molecule has 88 valence electrons. The second kappa shape index (κ2) is 6.95. The molecule has 1 rings (SSSR count). The first-order valence-corrected chi connectivity index (χ1v) is 5.53. The molecule has 0 spiro atoms. The van der Waals surface area contributed by atoms with Crippen molar-refractivity contribution in [1.29, 1.82) is 0 Å². The largest absolute Gasteiger partial charge is 0.382 e. The number of nitrogens with one attached hydrogen (secondary N) is 1. The number of pyridine rings is 1. The van der Waals surface area contributed by atoms with Gasteiger partial charge in [0.05, 0.1) is 0 Å². The maximum absolute atomic E-state index is 11.7. The summed E-state index contributed by atoms with van der Waals surface area (Å²) in [4.78, 5) is 15.7. The molecule has 4 nitrogen and oxygen atoms in total. The average molecular weight is 222 g/mol. The summed E-state index contributed by atoms with van der Waals surface area (Å²) >= 11 is 0. The van der Waals surface area contributed by atoms with Gasteiger partial charge in [-0.1, -0.05) is 6.07 Å². The molecular weight excluding hydrogens is 204 g/mol. The lowest BCUT2D eigenvalue weighted by Gasteiger charge is -2.13. The molecule has 1 aromatic rings. The molecule has 16 heavy (non-hydrogen) atoms. The molecular formula is C12H18N2O2. The molecule has 0 saturated heterocycles. The van der Waals surface area contributed by atoms with E-state index in [4.69, 9.17) is 4.74 Å². The number of carbonyl (C=O) groups is 1. The SMILES string of the molecule is CCOCCC(C)NC(=O)c1ccccn1. The number of rotatable bonds is 6. The van der Waals surface area contributed by atoms with Crippen molar-refractivity contribution in [3.05, 3.63) is 30.1 Å². The van der Waals surface area contributed by atoms with Gasteiger partial charge in [-0.2, -0.15) is 0 Å². The van der Waals surface area contributed by atoms with Crippen LogP contribution in [0.1, 0.15) is 30.8 Å². The third-order valence-corrected chi connectivity index (χ3v) is 2.17. The molecule has 0 aliphatic carbocycles. The zero-order valence-corrected chi connectivity index (χ0v) is 9.77. The van der Waals surface area contributed by atoms with Crippen molar-refractivity contribution in [2.24, 2.45) is 0 Å². The van der Waals surface area contributed by atoms with Gasteiger partial charge in [0.1, 0.15) is 5.69 Å². The van der Waals surface area contributed by atoms with E-state index >= 15 is 0 Å². The van der Waals surface area contributed by atoms with E-state index in [2.05, 4.69) is 10.3 Å². The number of aromatic nitrogens is 1. The monoisotopic (exact) mass is 222 g/mol. The second-order valence-electron chi connectivity index (χ2n) is 3.58. The Morgan fingerprint density at radius 3 is 3.00 bits per heavy atom. The standard InChI is InChI=1S/C12H18N2O2/c1-3-16-9-7-10(2)14-12(15)11-6-4-5-8-13-11/h4-6,8,10H,3,7,9H2,1-2H3,(H,14,15). The Labute approximate surface area is 96.0 Å². The van der Waals surface area contributed by atoms with Gasteiger partial charge in [-0.3, -0.25) is 9.78 Å². The van der Waals surface area contributed by atoms with E-state index < -0.39 is 0 Å². The first-order valence-electron chi connectivity index (χ1n) is 5.53. The quantitative estimate of drug-likeness (QED) is 0.744. The molecule has 0 radical (unpaired) electrons. The first kappa shape index (κ1) is 12.6. The minimum absolute atomic E-state index is 0.0982. The Kier molecular flexibility index (Phi) is 5.50. The van der Waals surface area contributed by atoms with E-state index in [-0.39, 0.29) is 11.9 Å². The first-order chi connectivity index (χ1) is 7.74. The van der Waals surface area contributed by atoms with Gasteiger partial charge >= 0.3 is 0 Å². The van der Waals surface area contributed by atoms with Crippen molar-refractivity contribution in [2.75, 3.05) is 13.2 Å². The predicted molar refractivity (Wildman–Crippen MR) is 62.3 cm³/mol. The summed E-state index contributed by atoms with van der Waals surface area (Å²) in [5.74, 6) is -0.135. The molecule has 1 N–H and O–H groups in total. The second-order valence-corrected chi connectivity index (χ2v) is 3.58. The summed E-state index contributed by atoms with van der Waals surface area (Å²) in [7, 11) is 0. The third kappa shape index (κ3) is 4.40. The van der Waals surface area contributed by atoms with E-state index in [1.165, 1.54) is 0 Å². The number of amides is 1. The highest BCUT2D eigenvalue weighted by atomic mass is 16.5. The highest BCUT2D eigenvalue weighted by Gasteiger charge is 2.09. The van der Waals surface area contributed by atoms with Crippen molar-refractivity contribution < 1.29 is 9.53 Å². The molecule has 0 aromatic carbocycles. The van der Waals surface area contributed by atoms with Crippen LogP contribution in [0.25, 0.3) is 0 Å². The zero-order valence-electron chi connectivity index (χ0n) is 9.77. The maximum Gasteiger partial charge on any atom is 0.270 e. The molecule has 1 unspecified atom stereocenters. The molecule has 0 bridgehead atoms. The van der Waals surface area contributed by atoms with Gasteiger partial charge in [-0.05, 0) is 32.4 Å². The number of hydrogen-bond acceptors (Lipinski definition) is 3. The van der Waals surface area contributed by atoms with Gasteiger partial charge in [0.25, 0.3) is 5.91 Å².